The van der Waals surface area contributed by atoms with Gasteiger partial charge in [0.15, 0.2) is 0 Å². The lowest BCUT2D eigenvalue weighted by Gasteiger charge is -2.32. The Morgan fingerprint density at radius 1 is 0.925 bits per heavy atom. The molecule has 0 saturated heterocycles. The van der Waals surface area contributed by atoms with E-state index in [1.165, 1.54) is 35.2 Å². The van der Waals surface area contributed by atoms with Crippen molar-refractivity contribution >= 4 is 66.7 Å². The third-order valence-electron chi connectivity index (χ3n) is 6.20. The highest BCUT2D eigenvalue weighted by atomic mass is 79.9. The van der Waals surface area contributed by atoms with E-state index in [1.54, 1.807) is 19.1 Å². The minimum absolute atomic E-state index is 0.0131. The molecule has 7 nitrogen and oxygen atoms in total. The first-order chi connectivity index (χ1) is 18.8. The molecule has 0 aromatic heterocycles. The molecular weight excluding hydrogens is 637 g/mol. The highest BCUT2D eigenvalue weighted by molar-refractivity contribution is 9.10. The zero-order valence-electron chi connectivity index (χ0n) is 22.7. The van der Waals surface area contributed by atoms with Crippen molar-refractivity contribution in [3.63, 3.8) is 0 Å². The highest BCUT2D eigenvalue weighted by Crippen LogP contribution is 2.31. The fraction of sp³-hybridized carbons (Fsp3) is 0.310. The molecule has 0 spiro atoms. The molecule has 0 bridgehead atoms. The number of sulfonamides is 1. The van der Waals surface area contributed by atoms with Gasteiger partial charge in [0.2, 0.25) is 11.8 Å². The largest absolute Gasteiger partial charge is 0.354 e. The van der Waals surface area contributed by atoms with Crippen LogP contribution >= 0.6 is 39.1 Å². The summed E-state index contributed by atoms with van der Waals surface area (Å²) in [5.41, 5.74) is 1.84. The van der Waals surface area contributed by atoms with E-state index in [0.29, 0.717) is 6.54 Å². The third-order valence-corrected chi connectivity index (χ3v) is 9.25. The van der Waals surface area contributed by atoms with Crippen molar-refractivity contribution in [3.8, 4) is 0 Å². The van der Waals surface area contributed by atoms with Crippen molar-refractivity contribution in [3.05, 3.63) is 92.4 Å². The Bertz CT molecular complexity index is 1450. The number of carbonyl (C=O) groups excluding carboxylic acids is 2. The lowest BCUT2D eigenvalue weighted by atomic mass is 10.1. The minimum Gasteiger partial charge on any atom is -0.354 e. The number of amides is 2. The fourth-order valence-electron chi connectivity index (χ4n) is 3.83. The first kappa shape index (κ1) is 31.9. The molecule has 3 aromatic rings. The zero-order valence-corrected chi connectivity index (χ0v) is 26.6. The summed E-state index contributed by atoms with van der Waals surface area (Å²) < 4.78 is 29.6. The first-order valence-corrected chi connectivity index (χ1v) is 15.6. The summed E-state index contributed by atoms with van der Waals surface area (Å²) in [5.74, 6) is -0.671. The van der Waals surface area contributed by atoms with Crippen LogP contribution in [0.2, 0.25) is 10.0 Å². The number of carbonyl (C=O) groups is 2. The highest BCUT2D eigenvalue weighted by Gasteiger charge is 2.32. The number of benzene rings is 3. The van der Waals surface area contributed by atoms with Gasteiger partial charge < -0.3 is 10.2 Å². The van der Waals surface area contributed by atoms with Crippen LogP contribution in [0.1, 0.15) is 31.9 Å². The topological polar surface area (TPSA) is 86.8 Å². The number of hydrogen-bond acceptors (Lipinski definition) is 4. The second kappa shape index (κ2) is 13.9. The lowest BCUT2D eigenvalue weighted by Crippen LogP contribution is -2.51. The number of nitrogens with one attached hydrogen (secondary N) is 1. The molecule has 0 aliphatic heterocycles. The molecule has 0 saturated carbocycles. The van der Waals surface area contributed by atoms with E-state index < -0.39 is 28.5 Å². The molecule has 0 unspecified atom stereocenters. The summed E-state index contributed by atoms with van der Waals surface area (Å²) in [6, 6.07) is 17.2. The molecule has 11 heteroatoms. The average molecular weight is 669 g/mol. The van der Waals surface area contributed by atoms with Crippen LogP contribution in [0.4, 0.5) is 5.69 Å². The van der Waals surface area contributed by atoms with Crippen molar-refractivity contribution in [2.75, 3.05) is 17.4 Å². The van der Waals surface area contributed by atoms with E-state index in [-0.39, 0.29) is 39.0 Å². The Labute approximate surface area is 254 Å². The van der Waals surface area contributed by atoms with Crippen LogP contribution in [0.15, 0.2) is 76.1 Å². The summed E-state index contributed by atoms with van der Waals surface area (Å²) in [6.45, 7) is 7.41. The molecule has 40 heavy (non-hydrogen) atoms. The predicted octanol–water partition coefficient (Wildman–Crippen LogP) is 6.45. The second-order valence-corrected chi connectivity index (χ2v) is 13.5. The van der Waals surface area contributed by atoms with E-state index in [4.69, 9.17) is 23.2 Å². The van der Waals surface area contributed by atoms with E-state index >= 15 is 0 Å². The Kier molecular flexibility index (Phi) is 11.1. The molecule has 3 rings (SSSR count). The average Bonchev–Trinajstić information content (AvgIpc) is 2.91. The zero-order chi connectivity index (χ0) is 29.6. The van der Waals surface area contributed by atoms with Gasteiger partial charge in [-0.25, -0.2) is 8.42 Å². The molecule has 0 aliphatic carbocycles. The summed E-state index contributed by atoms with van der Waals surface area (Å²) in [5, 5.41) is 3.26. The lowest BCUT2D eigenvalue weighted by molar-refractivity contribution is -0.139. The van der Waals surface area contributed by atoms with Gasteiger partial charge in [0, 0.05) is 17.6 Å². The van der Waals surface area contributed by atoms with Gasteiger partial charge in [-0.15, -0.1) is 0 Å². The van der Waals surface area contributed by atoms with Crippen molar-refractivity contribution in [2.45, 2.75) is 45.2 Å². The first-order valence-electron chi connectivity index (χ1n) is 12.7. The number of halogens is 3. The van der Waals surface area contributed by atoms with Gasteiger partial charge in [0.25, 0.3) is 10.0 Å². The molecule has 3 aromatic carbocycles. The van der Waals surface area contributed by atoms with Crippen molar-refractivity contribution in [2.24, 2.45) is 5.92 Å². The molecule has 214 valence electrons. The van der Waals surface area contributed by atoms with Crippen LogP contribution in [-0.2, 0) is 26.2 Å². The summed E-state index contributed by atoms with van der Waals surface area (Å²) in [4.78, 5) is 28.4. The van der Waals surface area contributed by atoms with Crippen LogP contribution in [0, 0.1) is 12.8 Å². The van der Waals surface area contributed by atoms with E-state index in [9.17, 15) is 18.0 Å². The Morgan fingerprint density at radius 2 is 1.55 bits per heavy atom. The van der Waals surface area contributed by atoms with E-state index in [1.807, 2.05) is 45.0 Å². The van der Waals surface area contributed by atoms with Crippen LogP contribution in [0.5, 0.6) is 0 Å². The molecule has 2 amide bonds. The number of nitrogens with zero attached hydrogens (tertiary/aromatic N) is 2. The Morgan fingerprint density at radius 3 is 2.12 bits per heavy atom. The fourth-order valence-corrected chi connectivity index (χ4v) is 5.79. The van der Waals surface area contributed by atoms with E-state index in [0.717, 1.165) is 19.9 Å². The maximum Gasteiger partial charge on any atom is 0.264 e. The maximum atomic E-state index is 13.9. The summed E-state index contributed by atoms with van der Waals surface area (Å²) in [7, 11) is -4.20. The molecule has 0 radical (unpaired) electrons. The van der Waals surface area contributed by atoms with Gasteiger partial charge in [-0.05, 0) is 67.8 Å². The smallest absolute Gasteiger partial charge is 0.264 e. The number of anilines is 1. The summed E-state index contributed by atoms with van der Waals surface area (Å²) >= 11 is 15.7. The molecular formula is C29H32BrCl2N3O4S. The van der Waals surface area contributed by atoms with Crippen molar-refractivity contribution < 1.29 is 18.0 Å². The van der Waals surface area contributed by atoms with Crippen LogP contribution in [-0.4, -0.2) is 44.3 Å². The van der Waals surface area contributed by atoms with Gasteiger partial charge in [-0.1, -0.05) is 82.8 Å². The minimum atomic E-state index is -4.20. The normalized spacial score (nSPS) is 12.2. The summed E-state index contributed by atoms with van der Waals surface area (Å²) in [6.07, 6.45) is 0. The van der Waals surface area contributed by atoms with Crippen molar-refractivity contribution in [1.82, 2.24) is 10.2 Å². The monoisotopic (exact) mass is 667 g/mol. The maximum absolute atomic E-state index is 13.9. The standard InChI is InChI=1S/C29H32BrCl2N3O4S/c1-19(2)16-33-29(37)21(4)34(17-22-7-9-23(30)10-8-22)28(36)18-35(24-11-14-26(31)27(32)15-24)40(38,39)25-12-5-20(3)6-13-25/h5-15,19,21H,16-18H2,1-4H3,(H,33,37)/t21-/m0/s1. The molecule has 1 N–H and O–H groups in total. The predicted molar refractivity (Wildman–Crippen MR) is 164 cm³/mol. The van der Waals surface area contributed by atoms with Crippen LogP contribution in [0.25, 0.3) is 0 Å². The SMILES string of the molecule is Cc1ccc(S(=O)(=O)N(CC(=O)N(Cc2ccc(Br)cc2)[C@@H](C)C(=O)NCC(C)C)c2ccc(Cl)c(Cl)c2)cc1. The van der Waals surface area contributed by atoms with Crippen LogP contribution < -0.4 is 9.62 Å². The van der Waals surface area contributed by atoms with Gasteiger partial charge in [0.05, 0.1) is 20.6 Å². The van der Waals surface area contributed by atoms with Crippen molar-refractivity contribution in [1.29, 1.82) is 0 Å². The van der Waals surface area contributed by atoms with Gasteiger partial charge >= 0.3 is 0 Å². The molecule has 1 atom stereocenters. The molecule has 0 fully saturated rings. The Hall–Kier alpha value is -2.59. The van der Waals surface area contributed by atoms with Crippen LogP contribution in [0.3, 0.4) is 0 Å². The molecule has 0 aliphatic rings. The number of rotatable bonds is 11. The number of aryl methyl sites for hydroxylation is 1. The number of hydrogen-bond donors (Lipinski definition) is 1. The van der Waals surface area contributed by atoms with Gasteiger partial charge in [-0.3, -0.25) is 13.9 Å². The quantitative estimate of drug-likeness (QED) is 0.255. The second-order valence-electron chi connectivity index (χ2n) is 9.89. The van der Waals surface area contributed by atoms with Gasteiger partial charge in [-0.2, -0.15) is 0 Å². The molecule has 0 heterocycles. The van der Waals surface area contributed by atoms with Gasteiger partial charge in [0.1, 0.15) is 12.6 Å². The Balaban J connectivity index is 2.03. The third kappa shape index (κ3) is 8.22. The van der Waals surface area contributed by atoms with E-state index in [2.05, 4.69) is 21.2 Å².